The summed E-state index contributed by atoms with van der Waals surface area (Å²) < 4.78 is 2.14. The molecule has 5 rings (SSSR count). The second-order valence-corrected chi connectivity index (χ2v) is 8.26. The molecule has 0 atom stereocenters. The van der Waals surface area contributed by atoms with Gasteiger partial charge < -0.3 is 5.32 Å². The molecule has 6 heteroatoms. The van der Waals surface area contributed by atoms with Crippen molar-refractivity contribution in [3.05, 3.63) is 66.1 Å². The number of carbonyl (C=O) groups excluding carboxylic acids is 1. The fraction of sp³-hybridized carbons (Fsp3) is 0.261. The van der Waals surface area contributed by atoms with Gasteiger partial charge in [-0.2, -0.15) is 0 Å². The van der Waals surface area contributed by atoms with Gasteiger partial charge in [0, 0.05) is 23.4 Å². The Morgan fingerprint density at radius 2 is 2.00 bits per heavy atom. The van der Waals surface area contributed by atoms with E-state index in [9.17, 15) is 4.79 Å². The number of aromatic nitrogens is 3. The van der Waals surface area contributed by atoms with Crippen LogP contribution in [0.15, 0.2) is 65.5 Å². The van der Waals surface area contributed by atoms with E-state index in [1.165, 1.54) is 5.57 Å². The van der Waals surface area contributed by atoms with E-state index in [0.29, 0.717) is 6.04 Å². The third-order valence-electron chi connectivity index (χ3n) is 5.41. The fourth-order valence-electron chi connectivity index (χ4n) is 3.63. The van der Waals surface area contributed by atoms with Crippen LogP contribution >= 0.6 is 11.8 Å². The number of nitrogens with zero attached hydrogens (tertiary/aromatic N) is 3. The number of rotatable bonds is 5. The minimum absolute atomic E-state index is 0.0844. The van der Waals surface area contributed by atoms with Crippen molar-refractivity contribution >= 4 is 28.9 Å². The van der Waals surface area contributed by atoms with Crippen LogP contribution in [0.5, 0.6) is 0 Å². The monoisotopic (exact) mass is 402 g/mol. The normalized spacial score (nSPS) is 16.4. The van der Waals surface area contributed by atoms with Crippen LogP contribution in [-0.2, 0) is 4.79 Å². The third kappa shape index (κ3) is 3.60. The number of hydrogen-bond acceptors (Lipinski definition) is 4. The van der Waals surface area contributed by atoms with Crippen molar-refractivity contribution in [3.63, 3.8) is 0 Å². The van der Waals surface area contributed by atoms with Crippen LogP contribution in [-0.4, -0.2) is 32.6 Å². The van der Waals surface area contributed by atoms with E-state index in [2.05, 4.69) is 39.1 Å². The van der Waals surface area contributed by atoms with Gasteiger partial charge in [-0.15, -0.1) is 11.8 Å². The minimum atomic E-state index is 0.0844. The van der Waals surface area contributed by atoms with Gasteiger partial charge in [0.25, 0.3) is 0 Å². The molecule has 1 amide bonds. The smallest absolute Gasteiger partial charge is 0.247 e. The summed E-state index contributed by atoms with van der Waals surface area (Å²) in [6.07, 6.45) is 13.8. The van der Waals surface area contributed by atoms with E-state index >= 15 is 0 Å². The van der Waals surface area contributed by atoms with E-state index in [0.717, 1.165) is 58.9 Å². The molecule has 0 saturated heterocycles. The van der Waals surface area contributed by atoms with Gasteiger partial charge in [0.2, 0.25) is 5.91 Å². The van der Waals surface area contributed by atoms with Crippen molar-refractivity contribution in [2.45, 2.75) is 36.8 Å². The summed E-state index contributed by atoms with van der Waals surface area (Å²) in [4.78, 5) is 21.8. The Hall–Kier alpha value is -2.86. The van der Waals surface area contributed by atoms with Crippen LogP contribution in [0.1, 0.15) is 31.4 Å². The zero-order valence-corrected chi connectivity index (χ0v) is 17.1. The maximum atomic E-state index is 12.3. The van der Waals surface area contributed by atoms with Gasteiger partial charge in [0.15, 0.2) is 5.65 Å². The molecule has 0 bridgehead atoms. The summed E-state index contributed by atoms with van der Waals surface area (Å²) in [7, 11) is 0. The van der Waals surface area contributed by atoms with E-state index < -0.39 is 0 Å². The highest BCUT2D eigenvalue weighted by Gasteiger charge is 2.25. The Kier molecular flexibility index (Phi) is 4.72. The summed E-state index contributed by atoms with van der Waals surface area (Å²) in [6, 6.07) is 10.6. The minimum Gasteiger partial charge on any atom is -0.350 e. The first kappa shape index (κ1) is 18.2. The average molecular weight is 403 g/mol. The number of benzene rings is 1. The van der Waals surface area contributed by atoms with Crippen LogP contribution in [0.3, 0.4) is 0 Å². The number of amides is 1. The molecule has 1 aromatic carbocycles. The largest absolute Gasteiger partial charge is 0.350 e. The van der Waals surface area contributed by atoms with E-state index in [-0.39, 0.29) is 5.91 Å². The molecule has 5 nitrogen and oxygen atoms in total. The number of fused-ring (bicyclic) bond motifs is 1. The molecule has 2 aromatic heterocycles. The molecule has 0 aliphatic heterocycles. The van der Waals surface area contributed by atoms with Gasteiger partial charge in [-0.1, -0.05) is 42.5 Å². The number of carbonyl (C=O) groups is 1. The lowest BCUT2D eigenvalue weighted by atomic mass is 9.96. The number of hydrogen-bond donors (Lipinski definition) is 1. The lowest BCUT2D eigenvalue weighted by molar-refractivity contribution is -0.117. The average Bonchev–Trinajstić information content (AvgIpc) is 3.48. The molecular formula is C23H22N4OS. The van der Waals surface area contributed by atoms with Gasteiger partial charge in [-0.3, -0.25) is 9.20 Å². The fourth-order valence-corrected chi connectivity index (χ4v) is 4.15. The Balaban J connectivity index is 1.53. The maximum Gasteiger partial charge on any atom is 0.247 e. The van der Waals surface area contributed by atoms with Gasteiger partial charge in [0.05, 0.1) is 17.6 Å². The van der Waals surface area contributed by atoms with Crippen LogP contribution in [0, 0.1) is 0 Å². The highest BCUT2D eigenvalue weighted by atomic mass is 32.2. The topological polar surface area (TPSA) is 59.3 Å². The first-order valence-electron chi connectivity index (χ1n) is 9.91. The van der Waals surface area contributed by atoms with E-state index in [4.69, 9.17) is 4.98 Å². The Labute approximate surface area is 174 Å². The maximum absolute atomic E-state index is 12.3. The Morgan fingerprint density at radius 1 is 1.17 bits per heavy atom. The zero-order chi connectivity index (χ0) is 19.8. The van der Waals surface area contributed by atoms with E-state index in [1.54, 1.807) is 11.8 Å². The summed E-state index contributed by atoms with van der Waals surface area (Å²) >= 11 is 1.60. The molecule has 2 aliphatic rings. The van der Waals surface area contributed by atoms with Crippen molar-refractivity contribution in [1.82, 2.24) is 19.7 Å². The first-order valence-corrected chi connectivity index (χ1v) is 11.1. The van der Waals surface area contributed by atoms with Crippen LogP contribution in [0.25, 0.3) is 22.5 Å². The van der Waals surface area contributed by atoms with Gasteiger partial charge >= 0.3 is 0 Å². The van der Waals surface area contributed by atoms with Gasteiger partial charge in [-0.25, -0.2) is 9.97 Å². The quantitative estimate of drug-likeness (QED) is 0.639. The van der Waals surface area contributed by atoms with Crippen molar-refractivity contribution < 1.29 is 4.79 Å². The lowest BCUT2D eigenvalue weighted by Gasteiger charge is -2.15. The highest BCUT2D eigenvalue weighted by molar-refractivity contribution is 7.98. The van der Waals surface area contributed by atoms with Crippen LogP contribution in [0.2, 0.25) is 0 Å². The molecule has 1 saturated carbocycles. The van der Waals surface area contributed by atoms with Crippen molar-refractivity contribution in [2.75, 3.05) is 6.26 Å². The molecule has 2 aliphatic carbocycles. The summed E-state index contributed by atoms with van der Waals surface area (Å²) in [6.45, 7) is 0. The first-order chi connectivity index (χ1) is 14.2. The zero-order valence-electron chi connectivity index (χ0n) is 16.3. The van der Waals surface area contributed by atoms with Crippen molar-refractivity contribution in [2.24, 2.45) is 0 Å². The highest BCUT2D eigenvalue weighted by Crippen LogP contribution is 2.31. The number of nitrogens with one attached hydrogen (secondary N) is 1. The standard InChI is InChI=1S/C23H22N4OS/c1-29-23-21-24-13-20(27(21)14-19(26-23)15-5-3-2-4-6-15)16-7-9-17(10-8-16)22(28)25-18-11-12-18/h2-7,9,13-14,18H,8,10-12H2,1H3,(H,25,28). The number of allylic oxidation sites excluding steroid dienone is 3. The molecule has 0 unspecified atom stereocenters. The Bertz CT molecular complexity index is 1140. The van der Waals surface area contributed by atoms with E-state index in [1.807, 2.05) is 36.7 Å². The molecule has 29 heavy (non-hydrogen) atoms. The second kappa shape index (κ2) is 7.52. The third-order valence-corrected chi connectivity index (χ3v) is 6.07. The molecule has 2 heterocycles. The van der Waals surface area contributed by atoms with Crippen molar-refractivity contribution in [3.8, 4) is 11.3 Å². The summed E-state index contributed by atoms with van der Waals surface area (Å²) in [5.41, 5.74) is 6.00. The molecule has 1 N–H and O–H groups in total. The number of thioether (sulfide) groups is 1. The molecule has 0 spiro atoms. The van der Waals surface area contributed by atoms with Gasteiger partial charge in [-0.05, 0) is 37.5 Å². The predicted molar refractivity (Wildman–Crippen MR) is 117 cm³/mol. The predicted octanol–water partition coefficient (Wildman–Crippen LogP) is 4.50. The SMILES string of the molecule is CSc1nc(-c2ccccc2)cn2c(C3=CC=C(C(=O)NC4CC4)CC3)cnc12. The van der Waals surface area contributed by atoms with Crippen LogP contribution in [0.4, 0.5) is 0 Å². The van der Waals surface area contributed by atoms with Gasteiger partial charge in [0.1, 0.15) is 5.03 Å². The molecule has 146 valence electrons. The molecule has 1 fully saturated rings. The molecular weight excluding hydrogens is 380 g/mol. The van der Waals surface area contributed by atoms with Crippen LogP contribution < -0.4 is 5.32 Å². The second-order valence-electron chi connectivity index (χ2n) is 7.47. The molecule has 3 aromatic rings. The molecule has 0 radical (unpaired) electrons. The van der Waals surface area contributed by atoms with Crippen molar-refractivity contribution in [1.29, 1.82) is 0 Å². The lowest BCUT2D eigenvalue weighted by Crippen LogP contribution is -2.27. The summed E-state index contributed by atoms with van der Waals surface area (Å²) in [5, 5.41) is 3.99. The number of imidazole rings is 1. The summed E-state index contributed by atoms with van der Waals surface area (Å²) in [5.74, 6) is 0.0844. The Morgan fingerprint density at radius 3 is 2.69 bits per heavy atom.